The number of halogens is 3. The minimum Gasteiger partial charge on any atom is -0.306 e. The maximum absolute atomic E-state index is 12.6. The van der Waals surface area contributed by atoms with Crippen LogP contribution in [0, 0.1) is 0 Å². The molecular formula is C10H12ClF2N. The third-order valence-corrected chi connectivity index (χ3v) is 2.16. The summed E-state index contributed by atoms with van der Waals surface area (Å²) in [6.45, 7) is 2.31. The molecule has 0 heterocycles. The molecule has 0 aliphatic heterocycles. The van der Waals surface area contributed by atoms with Crippen molar-refractivity contribution >= 4 is 11.6 Å². The Morgan fingerprint density at radius 3 is 2.29 bits per heavy atom. The maximum atomic E-state index is 12.6. The summed E-state index contributed by atoms with van der Waals surface area (Å²) in [4.78, 5) is 0. The van der Waals surface area contributed by atoms with Gasteiger partial charge in [-0.15, -0.1) is 0 Å². The average molecular weight is 220 g/mol. The minimum absolute atomic E-state index is 0.512. The molecule has 0 amide bonds. The zero-order valence-corrected chi connectivity index (χ0v) is 8.56. The van der Waals surface area contributed by atoms with Gasteiger partial charge in [0.1, 0.15) is 0 Å². The van der Waals surface area contributed by atoms with Gasteiger partial charge in [0.2, 0.25) is 0 Å². The van der Waals surface area contributed by atoms with Gasteiger partial charge in [-0.1, -0.05) is 30.7 Å². The predicted octanol–water partition coefficient (Wildman–Crippen LogP) is 3.26. The van der Waals surface area contributed by atoms with Crippen LogP contribution in [0.2, 0.25) is 5.02 Å². The number of rotatable bonds is 4. The van der Waals surface area contributed by atoms with E-state index in [1.54, 1.807) is 31.2 Å². The van der Waals surface area contributed by atoms with E-state index in [-0.39, 0.29) is 0 Å². The van der Waals surface area contributed by atoms with Gasteiger partial charge in [0.15, 0.2) is 0 Å². The molecule has 78 valence electrons. The van der Waals surface area contributed by atoms with Crippen molar-refractivity contribution < 1.29 is 8.78 Å². The van der Waals surface area contributed by atoms with Crippen molar-refractivity contribution in [2.75, 3.05) is 6.54 Å². The minimum atomic E-state index is -2.41. The molecule has 14 heavy (non-hydrogen) atoms. The molecule has 1 unspecified atom stereocenters. The van der Waals surface area contributed by atoms with E-state index in [1.165, 1.54) is 0 Å². The smallest absolute Gasteiger partial charge is 0.257 e. The van der Waals surface area contributed by atoms with Gasteiger partial charge in [0, 0.05) is 5.02 Å². The molecule has 1 aromatic carbocycles. The Labute approximate surface area is 87.1 Å². The van der Waals surface area contributed by atoms with E-state index in [1.807, 2.05) is 0 Å². The Bertz CT molecular complexity index is 274. The molecule has 0 bridgehead atoms. The van der Waals surface area contributed by atoms with Crippen LogP contribution >= 0.6 is 11.6 Å². The summed E-state index contributed by atoms with van der Waals surface area (Å²) >= 11 is 5.67. The lowest BCUT2D eigenvalue weighted by molar-refractivity contribution is 0.0993. The van der Waals surface area contributed by atoms with Crippen molar-refractivity contribution in [3.8, 4) is 0 Å². The van der Waals surface area contributed by atoms with E-state index in [2.05, 4.69) is 5.32 Å². The molecule has 1 aromatic rings. The lowest BCUT2D eigenvalue weighted by atomic mass is 10.1. The molecule has 0 aliphatic rings. The van der Waals surface area contributed by atoms with Crippen LogP contribution in [-0.2, 0) is 0 Å². The highest BCUT2D eigenvalue weighted by molar-refractivity contribution is 6.30. The van der Waals surface area contributed by atoms with Crippen LogP contribution < -0.4 is 5.32 Å². The summed E-state index contributed by atoms with van der Waals surface area (Å²) in [5.74, 6) is 0. The van der Waals surface area contributed by atoms with Gasteiger partial charge in [0.05, 0.1) is 6.04 Å². The van der Waals surface area contributed by atoms with Crippen molar-refractivity contribution in [3.05, 3.63) is 34.9 Å². The van der Waals surface area contributed by atoms with Gasteiger partial charge < -0.3 is 5.32 Å². The summed E-state index contributed by atoms with van der Waals surface area (Å²) in [5.41, 5.74) is 0.561. The van der Waals surface area contributed by atoms with Gasteiger partial charge in [-0.3, -0.25) is 0 Å². The normalized spacial score (nSPS) is 13.2. The monoisotopic (exact) mass is 219 g/mol. The van der Waals surface area contributed by atoms with Gasteiger partial charge in [-0.05, 0) is 24.2 Å². The highest BCUT2D eigenvalue weighted by atomic mass is 35.5. The fourth-order valence-electron chi connectivity index (χ4n) is 1.24. The first-order chi connectivity index (χ1) is 6.65. The Balaban J connectivity index is 2.82. The molecule has 0 radical (unpaired) electrons. The van der Waals surface area contributed by atoms with Gasteiger partial charge in [0.25, 0.3) is 6.43 Å². The highest BCUT2D eigenvalue weighted by Crippen LogP contribution is 2.21. The van der Waals surface area contributed by atoms with Gasteiger partial charge in [-0.25, -0.2) is 8.78 Å². The lowest BCUT2D eigenvalue weighted by Gasteiger charge is -2.17. The lowest BCUT2D eigenvalue weighted by Crippen LogP contribution is -2.26. The fourth-order valence-corrected chi connectivity index (χ4v) is 1.37. The third kappa shape index (κ3) is 2.93. The van der Waals surface area contributed by atoms with Gasteiger partial charge in [-0.2, -0.15) is 0 Å². The second-order valence-electron chi connectivity index (χ2n) is 2.92. The largest absolute Gasteiger partial charge is 0.306 e. The molecule has 0 saturated carbocycles. The topological polar surface area (TPSA) is 12.0 Å². The van der Waals surface area contributed by atoms with E-state index < -0.39 is 12.5 Å². The number of alkyl halides is 2. The Hall–Kier alpha value is -0.670. The van der Waals surface area contributed by atoms with Crippen LogP contribution in [0.1, 0.15) is 18.5 Å². The quantitative estimate of drug-likeness (QED) is 0.820. The number of nitrogens with one attached hydrogen (secondary N) is 1. The summed E-state index contributed by atoms with van der Waals surface area (Å²) in [7, 11) is 0. The van der Waals surface area contributed by atoms with Crippen LogP contribution in [0.5, 0.6) is 0 Å². The Kier molecular flexibility index (Phi) is 4.29. The molecule has 0 aromatic heterocycles. The van der Waals surface area contributed by atoms with E-state index in [0.29, 0.717) is 17.1 Å². The summed E-state index contributed by atoms with van der Waals surface area (Å²) in [6.07, 6.45) is -2.41. The first-order valence-corrected chi connectivity index (χ1v) is 4.80. The third-order valence-electron chi connectivity index (χ3n) is 1.91. The zero-order chi connectivity index (χ0) is 10.6. The second kappa shape index (κ2) is 5.27. The molecule has 0 saturated heterocycles. The predicted molar refractivity (Wildman–Crippen MR) is 53.9 cm³/mol. The maximum Gasteiger partial charge on any atom is 0.257 e. The van der Waals surface area contributed by atoms with E-state index >= 15 is 0 Å². The molecule has 1 nitrogen and oxygen atoms in total. The summed E-state index contributed by atoms with van der Waals surface area (Å²) < 4.78 is 25.2. The van der Waals surface area contributed by atoms with Crippen LogP contribution in [0.25, 0.3) is 0 Å². The highest BCUT2D eigenvalue weighted by Gasteiger charge is 2.20. The van der Waals surface area contributed by atoms with Crippen molar-refractivity contribution in [3.63, 3.8) is 0 Å². The first kappa shape index (κ1) is 11.4. The molecule has 1 N–H and O–H groups in total. The first-order valence-electron chi connectivity index (χ1n) is 4.42. The average Bonchev–Trinajstić information content (AvgIpc) is 2.15. The molecule has 1 rings (SSSR count). The Morgan fingerprint density at radius 1 is 1.29 bits per heavy atom. The molecular weight excluding hydrogens is 208 g/mol. The molecule has 0 fully saturated rings. The van der Waals surface area contributed by atoms with Crippen LogP contribution in [0.15, 0.2) is 24.3 Å². The molecule has 4 heteroatoms. The van der Waals surface area contributed by atoms with Crippen molar-refractivity contribution in [1.82, 2.24) is 5.32 Å². The van der Waals surface area contributed by atoms with Crippen LogP contribution in [-0.4, -0.2) is 13.0 Å². The summed E-state index contributed by atoms with van der Waals surface area (Å²) in [5, 5.41) is 3.28. The van der Waals surface area contributed by atoms with E-state index in [4.69, 9.17) is 11.6 Å². The van der Waals surface area contributed by atoms with E-state index in [9.17, 15) is 8.78 Å². The van der Waals surface area contributed by atoms with Gasteiger partial charge >= 0.3 is 0 Å². The van der Waals surface area contributed by atoms with Crippen molar-refractivity contribution in [2.45, 2.75) is 19.4 Å². The van der Waals surface area contributed by atoms with Crippen LogP contribution in [0.3, 0.4) is 0 Å². The molecule has 0 aliphatic carbocycles. The Morgan fingerprint density at radius 2 is 1.86 bits per heavy atom. The molecule has 1 atom stereocenters. The fraction of sp³-hybridized carbons (Fsp3) is 0.400. The van der Waals surface area contributed by atoms with Crippen molar-refractivity contribution in [1.29, 1.82) is 0 Å². The number of benzene rings is 1. The zero-order valence-electron chi connectivity index (χ0n) is 7.81. The van der Waals surface area contributed by atoms with E-state index in [0.717, 1.165) is 0 Å². The summed E-state index contributed by atoms with van der Waals surface area (Å²) in [6, 6.07) is 5.55. The standard InChI is InChI=1S/C10H12ClF2N/c1-2-14-9(10(12)13)7-3-5-8(11)6-4-7/h3-6,9-10,14H,2H2,1H3. The number of hydrogen-bond donors (Lipinski definition) is 1. The SMILES string of the molecule is CCNC(c1ccc(Cl)cc1)C(F)F. The molecule has 0 spiro atoms. The van der Waals surface area contributed by atoms with Crippen molar-refractivity contribution in [2.24, 2.45) is 0 Å². The second-order valence-corrected chi connectivity index (χ2v) is 3.36. The number of hydrogen-bond acceptors (Lipinski definition) is 1. The van der Waals surface area contributed by atoms with Crippen LogP contribution in [0.4, 0.5) is 8.78 Å².